The zero-order valence-electron chi connectivity index (χ0n) is 19.0. The van der Waals surface area contributed by atoms with Gasteiger partial charge in [-0.1, -0.05) is 42.5 Å². The van der Waals surface area contributed by atoms with Gasteiger partial charge in [0.05, 0.1) is 18.3 Å². The van der Waals surface area contributed by atoms with Crippen LogP contribution in [0.1, 0.15) is 36.0 Å². The topological polar surface area (TPSA) is 123 Å². The lowest BCUT2D eigenvalue weighted by atomic mass is 9.91. The molecule has 1 fully saturated rings. The largest absolute Gasteiger partial charge is 0.489 e. The summed E-state index contributed by atoms with van der Waals surface area (Å²) in [6.45, 7) is 3.29. The number of ether oxygens (including phenoxy) is 1. The first-order chi connectivity index (χ1) is 15.8. The summed E-state index contributed by atoms with van der Waals surface area (Å²) in [6, 6.07) is 18.7. The van der Waals surface area contributed by atoms with E-state index in [2.05, 4.69) is 0 Å². The number of nitrogens with two attached hydrogens (primary N) is 1. The van der Waals surface area contributed by atoms with E-state index >= 15 is 0 Å². The number of carboxylic acids is 1. The number of fused-ring (bicyclic) bond motifs is 1. The van der Waals surface area contributed by atoms with Gasteiger partial charge in [-0.15, -0.1) is 12.4 Å². The molecule has 0 amide bonds. The van der Waals surface area contributed by atoms with Gasteiger partial charge in [0.2, 0.25) is 0 Å². The van der Waals surface area contributed by atoms with Crippen molar-refractivity contribution in [3.63, 3.8) is 0 Å². The van der Waals surface area contributed by atoms with Gasteiger partial charge in [-0.2, -0.15) is 0 Å². The molecule has 34 heavy (non-hydrogen) atoms. The third-order valence-corrected chi connectivity index (χ3v) is 6.16. The monoisotopic (exact) mass is 480 g/mol. The molecule has 3 aromatic carbocycles. The van der Waals surface area contributed by atoms with Gasteiger partial charge in [-0.3, -0.25) is 15.6 Å². The Bertz CT molecular complexity index is 1210. The molecule has 0 saturated carbocycles. The number of amidine groups is 2. The maximum absolute atomic E-state index is 12.1. The lowest BCUT2D eigenvalue weighted by Crippen LogP contribution is -2.28. The summed E-state index contributed by atoms with van der Waals surface area (Å²) in [5.41, 5.74) is 7.88. The molecule has 4 rings (SSSR count). The molecule has 1 aliphatic heterocycles. The van der Waals surface area contributed by atoms with E-state index in [9.17, 15) is 9.90 Å². The molecule has 0 bridgehead atoms. The lowest BCUT2D eigenvalue weighted by Gasteiger charge is -2.18. The maximum Gasteiger partial charge on any atom is 0.311 e. The number of carboxylic acid groups (broad SMARTS) is 1. The average Bonchev–Trinajstić information content (AvgIpc) is 3.26. The number of aliphatic carboxylic acids is 1. The van der Waals surface area contributed by atoms with Crippen LogP contribution in [0.3, 0.4) is 0 Å². The quantitative estimate of drug-likeness (QED) is 0.294. The summed E-state index contributed by atoms with van der Waals surface area (Å²) in [5, 5.41) is 27.2. The Balaban J connectivity index is 0.00000324. The molecule has 7 nitrogen and oxygen atoms in total. The summed E-state index contributed by atoms with van der Waals surface area (Å²) >= 11 is 0. The molecule has 1 aliphatic rings. The van der Waals surface area contributed by atoms with Crippen LogP contribution >= 0.6 is 12.4 Å². The van der Waals surface area contributed by atoms with Gasteiger partial charge in [-0.25, -0.2) is 0 Å². The number of nitrogens with zero attached hydrogens (tertiary/aromatic N) is 1. The minimum atomic E-state index is -0.880. The van der Waals surface area contributed by atoms with Gasteiger partial charge in [-0.05, 0) is 53.4 Å². The minimum absolute atomic E-state index is 0. The summed E-state index contributed by atoms with van der Waals surface area (Å²) in [4.78, 5) is 14.1. The average molecular weight is 481 g/mol. The molecule has 3 aromatic rings. The predicted octanol–water partition coefficient (Wildman–Crippen LogP) is 4.41. The fraction of sp³-hybridized carbons (Fsp3) is 0.269. The molecular formula is C26H29ClN4O3. The number of nitrogens with one attached hydrogen (secondary N) is 2. The van der Waals surface area contributed by atoms with E-state index in [4.69, 9.17) is 21.3 Å². The third kappa shape index (κ3) is 5.66. The second kappa shape index (κ2) is 10.6. The zero-order valence-corrected chi connectivity index (χ0v) is 19.8. The number of halogens is 1. The van der Waals surface area contributed by atoms with Crippen LogP contribution in [0, 0.1) is 10.8 Å². The van der Waals surface area contributed by atoms with Crippen molar-refractivity contribution < 1.29 is 14.6 Å². The zero-order chi connectivity index (χ0) is 23.5. The molecule has 178 valence electrons. The number of likely N-dealkylation sites (tertiary alicyclic amines) is 1. The van der Waals surface area contributed by atoms with Crippen LogP contribution in [0.5, 0.6) is 5.75 Å². The Kier molecular flexibility index (Phi) is 7.79. The number of hydrogen-bond donors (Lipinski definition) is 4. The highest BCUT2D eigenvalue weighted by molar-refractivity contribution is 5.99. The van der Waals surface area contributed by atoms with Crippen molar-refractivity contribution in [2.75, 3.05) is 13.1 Å². The molecule has 1 heterocycles. The SMILES string of the molecule is CC(=N)N1CC[C@H](Oc2ccc([C@H](Cc3ccc4ccc(C(=N)N)cc4c3)C(=O)O)cc2)C1.Cl. The van der Waals surface area contributed by atoms with Gasteiger partial charge in [0.1, 0.15) is 17.7 Å². The first-order valence-corrected chi connectivity index (χ1v) is 11.0. The highest BCUT2D eigenvalue weighted by Gasteiger charge is 2.25. The number of carbonyl (C=O) groups is 1. The van der Waals surface area contributed by atoms with Gasteiger partial charge >= 0.3 is 5.97 Å². The Labute approximate surface area is 205 Å². The second-order valence-electron chi connectivity index (χ2n) is 8.53. The molecule has 0 aromatic heterocycles. The van der Waals surface area contributed by atoms with E-state index in [1.54, 1.807) is 6.92 Å². The normalized spacial score (nSPS) is 16.0. The molecule has 0 spiro atoms. The molecule has 0 radical (unpaired) electrons. The standard InChI is InChI=1S/C26H28N4O3.ClH/c1-16(27)30-11-10-23(15-30)33-22-8-6-19(7-9-22)24(26(31)32)13-17-2-3-18-4-5-20(25(28)29)14-21(18)12-17;/h2-9,12,14,23-24,27H,10-11,13,15H2,1H3,(H3,28,29)(H,31,32);1H/t23-,24-;/m0./s1. The molecule has 8 heteroatoms. The third-order valence-electron chi connectivity index (χ3n) is 6.16. The van der Waals surface area contributed by atoms with Crippen molar-refractivity contribution in [3.05, 3.63) is 77.4 Å². The summed E-state index contributed by atoms with van der Waals surface area (Å²) in [5.74, 6) is -0.303. The lowest BCUT2D eigenvalue weighted by molar-refractivity contribution is -0.138. The predicted molar refractivity (Wildman–Crippen MR) is 137 cm³/mol. The second-order valence-corrected chi connectivity index (χ2v) is 8.53. The Morgan fingerprint density at radius 2 is 1.82 bits per heavy atom. The molecule has 2 atom stereocenters. The van der Waals surface area contributed by atoms with E-state index in [-0.39, 0.29) is 24.3 Å². The molecule has 1 saturated heterocycles. The van der Waals surface area contributed by atoms with Crippen molar-refractivity contribution in [2.45, 2.75) is 31.8 Å². The molecule has 5 N–H and O–H groups in total. The van der Waals surface area contributed by atoms with Crippen LogP contribution in [0.15, 0.2) is 60.7 Å². The van der Waals surface area contributed by atoms with Gasteiger partial charge in [0.25, 0.3) is 0 Å². The van der Waals surface area contributed by atoms with Crippen LogP contribution in [0.2, 0.25) is 0 Å². The Morgan fingerprint density at radius 1 is 1.12 bits per heavy atom. The Morgan fingerprint density at radius 3 is 2.44 bits per heavy atom. The van der Waals surface area contributed by atoms with Crippen LogP contribution < -0.4 is 10.5 Å². The summed E-state index contributed by atoms with van der Waals surface area (Å²) in [6.07, 6.45) is 1.25. The molecular weight excluding hydrogens is 452 g/mol. The first kappa shape index (κ1) is 25.1. The van der Waals surface area contributed by atoms with E-state index in [1.807, 2.05) is 65.6 Å². The van der Waals surface area contributed by atoms with Gasteiger partial charge in [0, 0.05) is 18.5 Å². The highest BCUT2D eigenvalue weighted by atomic mass is 35.5. The smallest absolute Gasteiger partial charge is 0.311 e. The minimum Gasteiger partial charge on any atom is -0.489 e. The Hall–Kier alpha value is -3.58. The molecule has 0 aliphatic carbocycles. The van der Waals surface area contributed by atoms with Gasteiger partial charge in [0.15, 0.2) is 0 Å². The van der Waals surface area contributed by atoms with Crippen LogP contribution in [-0.4, -0.2) is 46.8 Å². The summed E-state index contributed by atoms with van der Waals surface area (Å²) < 4.78 is 6.03. The van der Waals surface area contributed by atoms with Crippen molar-refractivity contribution in [2.24, 2.45) is 5.73 Å². The first-order valence-electron chi connectivity index (χ1n) is 11.0. The van der Waals surface area contributed by atoms with E-state index in [0.717, 1.165) is 34.9 Å². The highest BCUT2D eigenvalue weighted by Crippen LogP contribution is 2.27. The maximum atomic E-state index is 12.1. The number of benzene rings is 3. The number of nitrogen functional groups attached to an aromatic ring is 1. The van der Waals surface area contributed by atoms with Gasteiger partial charge < -0.3 is 20.5 Å². The number of hydrogen-bond acceptors (Lipinski definition) is 4. The van der Waals surface area contributed by atoms with E-state index in [1.165, 1.54) is 0 Å². The van der Waals surface area contributed by atoms with E-state index in [0.29, 0.717) is 30.1 Å². The fourth-order valence-corrected chi connectivity index (χ4v) is 4.27. The van der Waals surface area contributed by atoms with Crippen molar-refractivity contribution in [3.8, 4) is 5.75 Å². The van der Waals surface area contributed by atoms with Crippen molar-refractivity contribution in [1.82, 2.24) is 4.90 Å². The van der Waals surface area contributed by atoms with Crippen LogP contribution in [0.25, 0.3) is 10.8 Å². The fourth-order valence-electron chi connectivity index (χ4n) is 4.27. The van der Waals surface area contributed by atoms with Crippen LogP contribution in [-0.2, 0) is 11.2 Å². The number of rotatable bonds is 7. The van der Waals surface area contributed by atoms with Crippen molar-refractivity contribution >= 4 is 40.8 Å². The van der Waals surface area contributed by atoms with Crippen LogP contribution in [0.4, 0.5) is 0 Å². The summed E-state index contributed by atoms with van der Waals surface area (Å²) in [7, 11) is 0. The van der Waals surface area contributed by atoms with Crippen molar-refractivity contribution in [1.29, 1.82) is 10.8 Å². The molecule has 0 unspecified atom stereocenters. The van der Waals surface area contributed by atoms with E-state index < -0.39 is 11.9 Å².